The number of aryl methyl sites for hydroxylation is 3. The number of benzene rings is 3. The highest BCUT2D eigenvalue weighted by Gasteiger charge is 2.10. The van der Waals surface area contributed by atoms with Crippen LogP contribution in [-0.2, 0) is 0 Å². The normalized spacial score (nSPS) is 10.9. The summed E-state index contributed by atoms with van der Waals surface area (Å²) in [4.78, 5) is 1.28. The SMILES string of the molecule is Cc1cccc(SCC=C(c2ccc(-c3cc(C)co3)cc2)c2ccc(-c3cc(C)co3)cc2)c1. The van der Waals surface area contributed by atoms with Gasteiger partial charge >= 0.3 is 0 Å². The van der Waals surface area contributed by atoms with Gasteiger partial charge in [-0.3, -0.25) is 0 Å². The van der Waals surface area contributed by atoms with Gasteiger partial charge in [0.1, 0.15) is 11.5 Å². The average Bonchev–Trinajstić information content (AvgIpc) is 3.51. The van der Waals surface area contributed by atoms with E-state index in [2.05, 4.69) is 97.9 Å². The first-order chi connectivity index (χ1) is 17.0. The first-order valence-corrected chi connectivity index (χ1v) is 12.8. The van der Waals surface area contributed by atoms with Crippen molar-refractivity contribution in [2.75, 3.05) is 5.75 Å². The molecule has 174 valence electrons. The average molecular weight is 477 g/mol. The summed E-state index contributed by atoms with van der Waals surface area (Å²) in [5.74, 6) is 2.68. The molecule has 0 saturated carbocycles. The lowest BCUT2D eigenvalue weighted by Crippen LogP contribution is -1.90. The molecule has 3 heteroatoms. The third-order valence-corrected chi connectivity index (χ3v) is 6.87. The second kappa shape index (κ2) is 10.3. The maximum Gasteiger partial charge on any atom is 0.134 e. The van der Waals surface area contributed by atoms with Crippen LogP contribution in [0.25, 0.3) is 28.2 Å². The zero-order chi connectivity index (χ0) is 24.2. The number of hydrogen-bond acceptors (Lipinski definition) is 3. The van der Waals surface area contributed by atoms with Crippen LogP contribution in [0.2, 0.25) is 0 Å². The predicted octanol–water partition coefficient (Wildman–Crippen LogP) is 9.36. The summed E-state index contributed by atoms with van der Waals surface area (Å²) in [7, 11) is 0. The molecule has 2 nitrogen and oxygen atoms in total. The second-order valence-electron chi connectivity index (χ2n) is 8.88. The summed E-state index contributed by atoms with van der Waals surface area (Å²) < 4.78 is 11.4. The van der Waals surface area contributed by atoms with Crippen LogP contribution < -0.4 is 0 Å². The van der Waals surface area contributed by atoms with Gasteiger partial charge in [-0.05, 0) is 72.9 Å². The van der Waals surface area contributed by atoms with Crippen molar-refractivity contribution in [1.29, 1.82) is 0 Å². The Kier molecular flexibility index (Phi) is 6.78. The highest BCUT2D eigenvalue weighted by Crippen LogP contribution is 2.31. The molecule has 3 aromatic carbocycles. The molecule has 5 aromatic rings. The lowest BCUT2D eigenvalue weighted by molar-refractivity contribution is 0.580. The van der Waals surface area contributed by atoms with E-state index in [1.807, 2.05) is 25.6 Å². The van der Waals surface area contributed by atoms with Crippen LogP contribution in [-0.4, -0.2) is 5.75 Å². The molecule has 0 aliphatic heterocycles. The first kappa shape index (κ1) is 23.1. The molecule has 0 amide bonds. The molecule has 0 radical (unpaired) electrons. The van der Waals surface area contributed by atoms with Crippen LogP contribution in [0.5, 0.6) is 0 Å². The van der Waals surface area contributed by atoms with E-state index in [1.165, 1.54) is 27.2 Å². The highest BCUT2D eigenvalue weighted by atomic mass is 32.2. The molecule has 0 fully saturated rings. The number of furan rings is 2. The summed E-state index contributed by atoms with van der Waals surface area (Å²) in [6.07, 6.45) is 5.91. The van der Waals surface area contributed by atoms with E-state index in [0.29, 0.717) is 0 Å². The van der Waals surface area contributed by atoms with Gasteiger partial charge in [-0.1, -0.05) is 72.3 Å². The minimum absolute atomic E-state index is 0.886. The molecule has 0 spiro atoms. The fourth-order valence-electron chi connectivity index (χ4n) is 4.12. The van der Waals surface area contributed by atoms with Crippen LogP contribution >= 0.6 is 11.8 Å². The molecule has 0 aliphatic carbocycles. The number of thioether (sulfide) groups is 1. The van der Waals surface area contributed by atoms with Gasteiger partial charge in [0, 0.05) is 21.8 Å². The van der Waals surface area contributed by atoms with Crippen molar-refractivity contribution in [2.45, 2.75) is 25.7 Å². The van der Waals surface area contributed by atoms with Crippen LogP contribution in [0.4, 0.5) is 0 Å². The van der Waals surface area contributed by atoms with E-state index in [4.69, 9.17) is 8.83 Å². The molecule has 0 saturated heterocycles. The van der Waals surface area contributed by atoms with E-state index in [1.54, 1.807) is 12.5 Å². The highest BCUT2D eigenvalue weighted by molar-refractivity contribution is 7.99. The lowest BCUT2D eigenvalue weighted by Gasteiger charge is -2.11. The van der Waals surface area contributed by atoms with E-state index in [0.717, 1.165) is 39.5 Å². The van der Waals surface area contributed by atoms with Crippen molar-refractivity contribution in [1.82, 2.24) is 0 Å². The minimum atomic E-state index is 0.886. The molecule has 0 aliphatic rings. The van der Waals surface area contributed by atoms with Crippen LogP contribution in [0.15, 0.2) is 117 Å². The number of rotatable bonds is 7. The Hall–Kier alpha value is -3.69. The van der Waals surface area contributed by atoms with E-state index in [-0.39, 0.29) is 0 Å². The van der Waals surface area contributed by atoms with Gasteiger partial charge in [-0.25, -0.2) is 0 Å². The van der Waals surface area contributed by atoms with Crippen LogP contribution in [0.1, 0.15) is 27.8 Å². The zero-order valence-corrected chi connectivity index (χ0v) is 21.1. The molecule has 0 unspecified atom stereocenters. The lowest BCUT2D eigenvalue weighted by atomic mass is 9.95. The van der Waals surface area contributed by atoms with Crippen LogP contribution in [0, 0.1) is 20.8 Å². The van der Waals surface area contributed by atoms with Gasteiger partial charge in [0.2, 0.25) is 0 Å². The molecule has 2 heterocycles. The zero-order valence-electron chi connectivity index (χ0n) is 20.2. The van der Waals surface area contributed by atoms with Crippen molar-refractivity contribution in [2.24, 2.45) is 0 Å². The fourth-order valence-corrected chi connectivity index (χ4v) is 5.01. The van der Waals surface area contributed by atoms with Crippen molar-refractivity contribution < 1.29 is 8.83 Å². The molecule has 2 aromatic heterocycles. The number of hydrogen-bond donors (Lipinski definition) is 0. The molecule has 0 N–H and O–H groups in total. The van der Waals surface area contributed by atoms with E-state index >= 15 is 0 Å². The Balaban J connectivity index is 1.45. The third kappa shape index (κ3) is 5.52. The fraction of sp³-hybridized carbons (Fsp3) is 0.125. The Bertz CT molecular complexity index is 1360. The van der Waals surface area contributed by atoms with Crippen LogP contribution in [0.3, 0.4) is 0 Å². The van der Waals surface area contributed by atoms with Crippen molar-refractivity contribution in [3.05, 3.63) is 131 Å². The van der Waals surface area contributed by atoms with Crippen molar-refractivity contribution in [3.63, 3.8) is 0 Å². The van der Waals surface area contributed by atoms with Crippen molar-refractivity contribution in [3.8, 4) is 22.6 Å². The van der Waals surface area contributed by atoms with Gasteiger partial charge in [0.15, 0.2) is 0 Å². The quantitative estimate of drug-likeness (QED) is 0.219. The largest absolute Gasteiger partial charge is 0.464 e. The molecular weight excluding hydrogens is 448 g/mol. The summed E-state index contributed by atoms with van der Waals surface area (Å²) >= 11 is 1.85. The molecule has 0 bridgehead atoms. The predicted molar refractivity (Wildman–Crippen MR) is 147 cm³/mol. The molecule has 35 heavy (non-hydrogen) atoms. The molecule has 0 atom stereocenters. The summed E-state index contributed by atoms with van der Waals surface area (Å²) in [6, 6.07) is 30.1. The van der Waals surface area contributed by atoms with E-state index < -0.39 is 0 Å². The monoisotopic (exact) mass is 476 g/mol. The van der Waals surface area contributed by atoms with Gasteiger partial charge < -0.3 is 8.83 Å². The van der Waals surface area contributed by atoms with Gasteiger partial charge in [0.25, 0.3) is 0 Å². The Morgan fingerprint density at radius 3 is 1.66 bits per heavy atom. The summed E-state index contributed by atoms with van der Waals surface area (Å²) in [6.45, 7) is 6.22. The smallest absolute Gasteiger partial charge is 0.134 e. The molecular formula is C32H28O2S. The maximum absolute atomic E-state index is 5.69. The summed E-state index contributed by atoms with van der Waals surface area (Å²) in [5, 5.41) is 0. The minimum Gasteiger partial charge on any atom is -0.464 e. The van der Waals surface area contributed by atoms with E-state index in [9.17, 15) is 0 Å². The Labute approximate surface area is 211 Å². The third-order valence-electron chi connectivity index (χ3n) is 5.95. The Morgan fingerprint density at radius 2 is 1.20 bits per heavy atom. The molecule has 5 rings (SSSR count). The Morgan fingerprint density at radius 1 is 0.657 bits per heavy atom. The maximum atomic E-state index is 5.69. The van der Waals surface area contributed by atoms with Crippen molar-refractivity contribution >= 4 is 17.3 Å². The second-order valence-corrected chi connectivity index (χ2v) is 9.97. The first-order valence-electron chi connectivity index (χ1n) is 11.8. The topological polar surface area (TPSA) is 26.3 Å². The summed E-state index contributed by atoms with van der Waals surface area (Å²) in [5.41, 5.74) is 9.29. The van der Waals surface area contributed by atoms with Gasteiger partial charge in [-0.2, -0.15) is 0 Å². The van der Waals surface area contributed by atoms with Gasteiger partial charge in [-0.15, -0.1) is 11.8 Å². The van der Waals surface area contributed by atoms with Gasteiger partial charge in [0.05, 0.1) is 12.5 Å². The standard InChI is InChI=1S/C32H28O2S/c1-22-5-4-6-29(17-22)35-16-15-30(25-7-11-27(12-8-25)31-18-23(2)20-33-31)26-9-13-28(14-10-26)32-19-24(3)21-34-32/h4-15,17-21H,16H2,1-3H3.